The van der Waals surface area contributed by atoms with Gasteiger partial charge in [0, 0.05) is 50.4 Å². The molecule has 2 aliphatic carbocycles. The second-order valence-corrected chi connectivity index (χ2v) is 12.8. The van der Waals surface area contributed by atoms with Gasteiger partial charge < -0.3 is 15.0 Å². The molecule has 5 rings (SSSR count). The van der Waals surface area contributed by atoms with E-state index in [0.717, 1.165) is 62.8 Å². The molecule has 0 atom stereocenters. The number of rotatable bonds is 12. The Bertz CT molecular complexity index is 1400. The Morgan fingerprint density at radius 3 is 2.58 bits per heavy atom. The van der Waals surface area contributed by atoms with Crippen molar-refractivity contribution in [1.29, 1.82) is 0 Å². The van der Waals surface area contributed by atoms with Crippen LogP contribution in [0.25, 0.3) is 5.65 Å². The molecule has 3 aliphatic rings. The Labute approximate surface area is 253 Å². The molecule has 1 saturated heterocycles. The molecule has 2 fully saturated rings. The van der Waals surface area contributed by atoms with Gasteiger partial charge in [0.2, 0.25) is 5.95 Å². The molecule has 3 heterocycles. The first-order chi connectivity index (χ1) is 20.7. The molecule has 1 saturated carbocycles. The number of anilines is 1. The highest BCUT2D eigenvalue weighted by molar-refractivity contribution is 5.89. The summed E-state index contributed by atoms with van der Waals surface area (Å²) in [5.74, 6) is 0.958. The number of likely N-dealkylation sites (tertiary alicyclic amines) is 1. The molecule has 0 aromatic carbocycles. The molecule has 10 heteroatoms. The van der Waals surface area contributed by atoms with Crippen molar-refractivity contribution in [1.82, 2.24) is 24.5 Å². The summed E-state index contributed by atoms with van der Waals surface area (Å²) in [6.07, 6.45) is 11.7. The van der Waals surface area contributed by atoms with Crippen LogP contribution in [0.15, 0.2) is 41.9 Å². The monoisotopic (exact) mass is 592 g/mol. The number of aromatic nitrogens is 4. The highest BCUT2D eigenvalue weighted by Crippen LogP contribution is 2.35. The lowest BCUT2D eigenvalue weighted by Crippen LogP contribution is -2.36. The number of ketones is 2. The maximum atomic E-state index is 14.9. The normalized spacial score (nSPS) is 22.1. The van der Waals surface area contributed by atoms with Crippen LogP contribution < -0.4 is 10.1 Å². The number of piperidine rings is 1. The minimum absolute atomic E-state index is 0.0621. The third-order valence-corrected chi connectivity index (χ3v) is 9.18. The molecular formula is C33H45FN6O3. The molecular weight excluding hydrogens is 547 g/mol. The third-order valence-electron chi connectivity index (χ3n) is 9.18. The van der Waals surface area contributed by atoms with Crippen LogP contribution in [-0.2, 0) is 9.59 Å². The van der Waals surface area contributed by atoms with Crippen molar-refractivity contribution >= 4 is 23.2 Å². The standard InChI is InChI=1S/C33H45FN6O3/c1-5-26(41)17-22-6-9-24(10-7-22)30(42)18-25-16-23(8-11-29(25)34)19-35-32-38-33(43-27-12-14-39(4)15-13-27)37-31-28(21(2)3)20-36-40(31)32/h5,16,20-22,24,27H,1,6-15,17-19H2,2-4H3,(H,35,37,38). The summed E-state index contributed by atoms with van der Waals surface area (Å²) in [6, 6.07) is 0.338. The van der Waals surface area contributed by atoms with Crippen LogP contribution in [0.4, 0.5) is 10.3 Å². The number of carbonyl (C=O) groups is 2. The molecule has 2 aromatic heterocycles. The van der Waals surface area contributed by atoms with Gasteiger partial charge in [-0.15, -0.1) is 0 Å². The quantitative estimate of drug-likeness (QED) is 0.300. The first-order valence-electron chi connectivity index (χ1n) is 15.8. The van der Waals surface area contributed by atoms with E-state index in [9.17, 15) is 14.0 Å². The Kier molecular flexibility index (Phi) is 10.1. The average molecular weight is 593 g/mol. The van der Waals surface area contributed by atoms with Gasteiger partial charge in [-0.05, 0) is 75.5 Å². The number of hydrogen-bond donors (Lipinski definition) is 1. The molecule has 232 valence electrons. The molecule has 43 heavy (non-hydrogen) atoms. The predicted octanol–water partition coefficient (Wildman–Crippen LogP) is 5.99. The average Bonchev–Trinajstić information content (AvgIpc) is 3.43. The molecule has 0 unspecified atom stereocenters. The van der Waals surface area contributed by atoms with Crippen molar-refractivity contribution in [3.8, 4) is 6.01 Å². The van der Waals surface area contributed by atoms with E-state index >= 15 is 0 Å². The first kappa shape index (κ1) is 31.0. The number of allylic oxidation sites excluding steroid dienone is 4. The highest BCUT2D eigenvalue weighted by Gasteiger charge is 2.28. The summed E-state index contributed by atoms with van der Waals surface area (Å²) < 4.78 is 22.9. The van der Waals surface area contributed by atoms with E-state index in [1.54, 1.807) is 4.52 Å². The fourth-order valence-electron chi connectivity index (χ4n) is 6.40. The lowest BCUT2D eigenvalue weighted by molar-refractivity contribution is -0.123. The first-order valence-corrected chi connectivity index (χ1v) is 15.8. The van der Waals surface area contributed by atoms with E-state index in [4.69, 9.17) is 14.7 Å². The number of nitrogens with one attached hydrogen (secondary N) is 1. The van der Waals surface area contributed by atoms with Gasteiger partial charge in [0.1, 0.15) is 17.7 Å². The summed E-state index contributed by atoms with van der Waals surface area (Å²) in [5.41, 5.74) is 3.23. The maximum Gasteiger partial charge on any atom is 0.322 e. The van der Waals surface area contributed by atoms with E-state index in [1.165, 1.54) is 6.08 Å². The Balaban J connectivity index is 1.25. The summed E-state index contributed by atoms with van der Waals surface area (Å²) in [4.78, 5) is 36.6. The van der Waals surface area contributed by atoms with Gasteiger partial charge >= 0.3 is 6.01 Å². The van der Waals surface area contributed by atoms with Crippen LogP contribution in [0, 0.1) is 11.8 Å². The molecule has 1 N–H and O–H groups in total. The molecule has 0 radical (unpaired) electrons. The third kappa shape index (κ3) is 7.77. The number of hydrogen-bond acceptors (Lipinski definition) is 8. The van der Waals surface area contributed by atoms with E-state index in [2.05, 4.69) is 42.8 Å². The zero-order chi connectivity index (χ0) is 30.5. The molecule has 0 bridgehead atoms. The fraction of sp³-hybridized carbons (Fsp3) is 0.606. The number of ether oxygens (including phenoxy) is 1. The largest absolute Gasteiger partial charge is 0.460 e. The summed E-state index contributed by atoms with van der Waals surface area (Å²) in [5, 5.41) is 7.96. The van der Waals surface area contributed by atoms with E-state index in [1.807, 2.05) is 12.3 Å². The van der Waals surface area contributed by atoms with Crippen molar-refractivity contribution < 1.29 is 18.7 Å². The molecule has 0 amide bonds. The Hall–Kier alpha value is -3.40. The van der Waals surface area contributed by atoms with Crippen molar-refractivity contribution in [3.63, 3.8) is 0 Å². The van der Waals surface area contributed by atoms with Crippen molar-refractivity contribution in [2.24, 2.45) is 11.8 Å². The lowest BCUT2D eigenvalue weighted by Gasteiger charge is -2.28. The van der Waals surface area contributed by atoms with Crippen LogP contribution in [0.5, 0.6) is 6.01 Å². The summed E-state index contributed by atoms with van der Waals surface area (Å²) >= 11 is 0. The number of nitrogens with zero attached hydrogens (tertiary/aromatic N) is 5. The van der Waals surface area contributed by atoms with Gasteiger partial charge in [-0.2, -0.15) is 19.6 Å². The van der Waals surface area contributed by atoms with Crippen molar-refractivity contribution in [2.75, 3.05) is 32.0 Å². The number of Topliss-reactive ketones (excluding diaryl/α,β-unsaturated/α-hetero) is 1. The number of halogens is 1. The van der Waals surface area contributed by atoms with Gasteiger partial charge in [0.05, 0.1) is 6.20 Å². The molecule has 1 aliphatic heterocycles. The van der Waals surface area contributed by atoms with Gasteiger partial charge in [0.25, 0.3) is 0 Å². The highest BCUT2D eigenvalue weighted by atomic mass is 19.1. The fourth-order valence-corrected chi connectivity index (χ4v) is 6.40. The SMILES string of the molecule is C=CC(=O)CC1CCC(C(=O)CC2=C(F)CCC(CNc3nc(OC4CCN(C)CC4)nc4c(C(C)C)cnn34)=C2)CC1. The lowest BCUT2D eigenvalue weighted by atomic mass is 9.77. The maximum absolute atomic E-state index is 14.9. The minimum Gasteiger partial charge on any atom is -0.460 e. The Morgan fingerprint density at radius 1 is 1.14 bits per heavy atom. The predicted molar refractivity (Wildman–Crippen MR) is 165 cm³/mol. The molecule has 2 aromatic rings. The number of carbonyl (C=O) groups excluding carboxylic acids is 2. The smallest absolute Gasteiger partial charge is 0.322 e. The van der Waals surface area contributed by atoms with Crippen molar-refractivity contribution in [3.05, 3.63) is 47.5 Å². The van der Waals surface area contributed by atoms with Gasteiger partial charge in [-0.25, -0.2) is 4.39 Å². The number of fused-ring (bicyclic) bond motifs is 1. The van der Waals surface area contributed by atoms with Crippen molar-refractivity contribution in [2.45, 2.75) is 90.1 Å². The van der Waals surface area contributed by atoms with Crippen LogP contribution in [0.1, 0.15) is 89.5 Å². The van der Waals surface area contributed by atoms with E-state index in [-0.39, 0.29) is 48.2 Å². The van der Waals surface area contributed by atoms with Gasteiger partial charge in [-0.3, -0.25) is 9.59 Å². The zero-order valence-corrected chi connectivity index (χ0v) is 25.8. The van der Waals surface area contributed by atoms with Crippen LogP contribution in [-0.4, -0.2) is 68.8 Å². The Morgan fingerprint density at radius 2 is 1.88 bits per heavy atom. The topological polar surface area (TPSA) is 102 Å². The second-order valence-electron chi connectivity index (χ2n) is 12.8. The minimum atomic E-state index is -0.200. The molecule has 9 nitrogen and oxygen atoms in total. The van der Waals surface area contributed by atoms with Crippen LogP contribution in [0.3, 0.4) is 0 Å². The summed E-state index contributed by atoms with van der Waals surface area (Å²) in [6.45, 7) is 10.2. The van der Waals surface area contributed by atoms with E-state index in [0.29, 0.717) is 48.5 Å². The van der Waals surface area contributed by atoms with E-state index < -0.39 is 0 Å². The molecule has 0 spiro atoms. The van der Waals surface area contributed by atoms with Crippen LogP contribution in [0.2, 0.25) is 0 Å². The second kappa shape index (κ2) is 13.9. The van der Waals surface area contributed by atoms with Gasteiger partial charge in [-0.1, -0.05) is 32.1 Å². The van der Waals surface area contributed by atoms with Crippen LogP contribution >= 0.6 is 0 Å². The summed E-state index contributed by atoms with van der Waals surface area (Å²) in [7, 11) is 2.12. The van der Waals surface area contributed by atoms with Gasteiger partial charge in [0.15, 0.2) is 11.4 Å². The zero-order valence-electron chi connectivity index (χ0n) is 25.8.